The number of nitrogens with zero attached hydrogens (tertiary/aromatic N) is 1. The van der Waals surface area contributed by atoms with E-state index in [1.807, 2.05) is 12.1 Å². The Kier molecular flexibility index (Phi) is 6.82. The van der Waals surface area contributed by atoms with E-state index >= 15 is 0 Å². The maximum Gasteiger partial charge on any atom is 0.238 e. The summed E-state index contributed by atoms with van der Waals surface area (Å²) in [7, 11) is 0. The van der Waals surface area contributed by atoms with Crippen molar-refractivity contribution in [3.8, 4) is 0 Å². The van der Waals surface area contributed by atoms with E-state index in [9.17, 15) is 4.79 Å². The molecule has 0 bridgehead atoms. The lowest BCUT2D eigenvalue weighted by Gasteiger charge is -2.19. The van der Waals surface area contributed by atoms with Crippen molar-refractivity contribution in [2.24, 2.45) is 0 Å². The molecule has 156 valence electrons. The molecule has 1 fully saturated rings. The molecule has 30 heavy (non-hydrogen) atoms. The Morgan fingerprint density at radius 2 is 1.77 bits per heavy atom. The number of thiophene rings is 1. The molecule has 1 atom stereocenters. The van der Waals surface area contributed by atoms with Crippen LogP contribution < -0.4 is 15.5 Å². The van der Waals surface area contributed by atoms with Crippen molar-refractivity contribution in [1.29, 1.82) is 0 Å². The number of aryl methyl sites for hydroxylation is 1. The van der Waals surface area contributed by atoms with Gasteiger partial charge in [0, 0.05) is 29.3 Å². The van der Waals surface area contributed by atoms with Crippen LogP contribution in [0.1, 0.15) is 41.8 Å². The number of anilines is 2. The van der Waals surface area contributed by atoms with Crippen LogP contribution in [0.15, 0.2) is 66.0 Å². The third-order valence-corrected chi connectivity index (χ3v) is 6.58. The molecule has 0 radical (unpaired) electrons. The fourth-order valence-corrected chi connectivity index (χ4v) is 4.74. The quantitative estimate of drug-likeness (QED) is 0.526. The average molecular weight is 420 g/mol. The lowest BCUT2D eigenvalue weighted by atomic mass is 10.0. The minimum atomic E-state index is -0.0318. The molecule has 1 aliphatic rings. The van der Waals surface area contributed by atoms with E-state index in [4.69, 9.17) is 0 Å². The zero-order chi connectivity index (χ0) is 20.8. The number of hydrogen-bond acceptors (Lipinski definition) is 4. The van der Waals surface area contributed by atoms with Gasteiger partial charge in [0.15, 0.2) is 0 Å². The summed E-state index contributed by atoms with van der Waals surface area (Å²) in [4.78, 5) is 16.2. The summed E-state index contributed by atoms with van der Waals surface area (Å²) in [5.41, 5.74) is 4.57. The minimum Gasteiger partial charge on any atom is -0.372 e. The third kappa shape index (κ3) is 5.10. The van der Waals surface area contributed by atoms with E-state index < -0.39 is 0 Å². The average Bonchev–Trinajstić information content (AvgIpc) is 3.50. The van der Waals surface area contributed by atoms with Gasteiger partial charge >= 0.3 is 0 Å². The fraction of sp³-hybridized carbons (Fsp3) is 0.320. The van der Waals surface area contributed by atoms with Crippen molar-refractivity contribution < 1.29 is 4.79 Å². The molecular weight excluding hydrogens is 390 g/mol. The Bertz CT molecular complexity index is 930. The molecule has 1 saturated heterocycles. The summed E-state index contributed by atoms with van der Waals surface area (Å²) < 4.78 is 0. The van der Waals surface area contributed by atoms with E-state index in [0.717, 1.165) is 25.2 Å². The normalized spacial score (nSPS) is 14.6. The Morgan fingerprint density at radius 3 is 2.40 bits per heavy atom. The van der Waals surface area contributed by atoms with Crippen LogP contribution in [0.5, 0.6) is 0 Å². The number of carbonyl (C=O) groups is 1. The monoisotopic (exact) mass is 419 g/mol. The first-order valence-corrected chi connectivity index (χ1v) is 11.6. The Labute approximate surface area is 182 Å². The predicted molar refractivity (Wildman–Crippen MR) is 127 cm³/mol. The van der Waals surface area contributed by atoms with Gasteiger partial charge in [-0.05, 0) is 66.1 Å². The highest BCUT2D eigenvalue weighted by Crippen LogP contribution is 2.26. The molecule has 0 aliphatic carbocycles. The van der Waals surface area contributed by atoms with Crippen molar-refractivity contribution in [1.82, 2.24) is 5.32 Å². The van der Waals surface area contributed by atoms with E-state index in [1.165, 1.54) is 34.5 Å². The van der Waals surface area contributed by atoms with E-state index in [-0.39, 0.29) is 18.5 Å². The number of nitrogens with one attached hydrogen (secondary N) is 2. The number of amides is 1. The van der Waals surface area contributed by atoms with Gasteiger partial charge in [0.2, 0.25) is 5.91 Å². The molecule has 0 unspecified atom stereocenters. The second-order valence-corrected chi connectivity index (χ2v) is 8.69. The molecule has 1 aliphatic heterocycles. The van der Waals surface area contributed by atoms with Gasteiger partial charge in [-0.25, -0.2) is 0 Å². The topological polar surface area (TPSA) is 44.4 Å². The van der Waals surface area contributed by atoms with E-state index in [0.29, 0.717) is 0 Å². The van der Waals surface area contributed by atoms with Crippen LogP contribution in [0.4, 0.5) is 11.4 Å². The van der Waals surface area contributed by atoms with Crippen molar-refractivity contribution in [2.75, 3.05) is 29.9 Å². The maximum atomic E-state index is 12.6. The second kappa shape index (κ2) is 9.92. The van der Waals surface area contributed by atoms with Crippen LogP contribution in [-0.4, -0.2) is 25.5 Å². The highest BCUT2D eigenvalue weighted by molar-refractivity contribution is 7.10. The van der Waals surface area contributed by atoms with Gasteiger partial charge in [0.05, 0.1) is 12.6 Å². The van der Waals surface area contributed by atoms with Gasteiger partial charge in [-0.15, -0.1) is 11.3 Å². The highest BCUT2D eigenvalue weighted by Gasteiger charge is 2.17. The molecule has 2 aromatic carbocycles. The van der Waals surface area contributed by atoms with Crippen LogP contribution in [0.3, 0.4) is 0 Å². The third-order valence-electron chi connectivity index (χ3n) is 5.64. The molecular formula is C25H29N3OS. The van der Waals surface area contributed by atoms with Crippen LogP contribution in [0.25, 0.3) is 0 Å². The Morgan fingerprint density at radius 1 is 1.03 bits per heavy atom. The fourth-order valence-electron chi connectivity index (χ4n) is 3.91. The smallest absolute Gasteiger partial charge is 0.238 e. The molecule has 0 spiro atoms. The van der Waals surface area contributed by atoms with Crippen LogP contribution in [0.2, 0.25) is 0 Å². The standard InChI is InChI=1S/C25H29N3OS/c1-2-19-7-9-20(10-8-19)25(23-6-5-17-30-23)26-18-24(29)27-21-11-13-22(14-12-21)28-15-3-4-16-28/h5-14,17,25-26H,2-4,15-16,18H2,1H3,(H,27,29)/t25-/m0/s1. The van der Waals surface area contributed by atoms with Gasteiger partial charge < -0.3 is 10.2 Å². The van der Waals surface area contributed by atoms with Crippen LogP contribution in [0, 0.1) is 0 Å². The number of benzene rings is 2. The van der Waals surface area contributed by atoms with Crippen molar-refractivity contribution in [2.45, 2.75) is 32.2 Å². The summed E-state index contributed by atoms with van der Waals surface area (Å²) in [6.07, 6.45) is 3.55. The molecule has 2 N–H and O–H groups in total. The van der Waals surface area contributed by atoms with Crippen LogP contribution in [-0.2, 0) is 11.2 Å². The van der Waals surface area contributed by atoms with Crippen LogP contribution >= 0.6 is 11.3 Å². The highest BCUT2D eigenvalue weighted by atomic mass is 32.1. The van der Waals surface area contributed by atoms with Gasteiger partial charge in [0.1, 0.15) is 0 Å². The summed E-state index contributed by atoms with van der Waals surface area (Å²) in [5.74, 6) is -0.0318. The molecule has 4 rings (SSSR count). The summed E-state index contributed by atoms with van der Waals surface area (Å²) >= 11 is 1.71. The molecule has 3 aromatic rings. The van der Waals surface area contributed by atoms with Crippen molar-refractivity contribution in [3.63, 3.8) is 0 Å². The molecule has 4 nitrogen and oxygen atoms in total. The predicted octanol–water partition coefficient (Wildman–Crippen LogP) is 5.23. The minimum absolute atomic E-state index is 0.0131. The maximum absolute atomic E-state index is 12.6. The Hall–Kier alpha value is -2.63. The number of carbonyl (C=O) groups excluding carboxylic acids is 1. The lowest BCUT2D eigenvalue weighted by molar-refractivity contribution is -0.115. The van der Waals surface area contributed by atoms with Gasteiger partial charge in [-0.2, -0.15) is 0 Å². The lowest BCUT2D eigenvalue weighted by Crippen LogP contribution is -2.31. The molecule has 0 saturated carbocycles. The summed E-state index contributed by atoms with van der Waals surface area (Å²) in [6, 6.07) is 21.0. The summed E-state index contributed by atoms with van der Waals surface area (Å²) in [5, 5.41) is 8.53. The molecule has 1 aromatic heterocycles. The van der Waals surface area contributed by atoms with E-state index in [1.54, 1.807) is 11.3 Å². The van der Waals surface area contributed by atoms with Crippen molar-refractivity contribution in [3.05, 3.63) is 82.0 Å². The first-order chi connectivity index (χ1) is 14.7. The number of hydrogen-bond donors (Lipinski definition) is 2. The van der Waals surface area contributed by atoms with E-state index in [2.05, 4.69) is 76.4 Å². The second-order valence-electron chi connectivity index (χ2n) is 7.71. The molecule has 1 amide bonds. The SMILES string of the molecule is CCc1ccc([C@H](NCC(=O)Nc2ccc(N3CCCC3)cc2)c2cccs2)cc1. The molecule has 2 heterocycles. The summed E-state index contributed by atoms with van der Waals surface area (Å²) in [6.45, 7) is 4.66. The first kappa shape index (κ1) is 20.6. The van der Waals surface area contributed by atoms with Gasteiger partial charge in [-0.3, -0.25) is 10.1 Å². The van der Waals surface area contributed by atoms with Crippen molar-refractivity contribution >= 4 is 28.6 Å². The van der Waals surface area contributed by atoms with Gasteiger partial charge in [0.25, 0.3) is 0 Å². The first-order valence-electron chi connectivity index (χ1n) is 10.7. The zero-order valence-electron chi connectivity index (χ0n) is 17.4. The zero-order valence-corrected chi connectivity index (χ0v) is 18.3. The Balaban J connectivity index is 1.37. The molecule has 5 heteroatoms. The largest absolute Gasteiger partial charge is 0.372 e. The van der Waals surface area contributed by atoms with Gasteiger partial charge in [-0.1, -0.05) is 37.3 Å². The number of rotatable bonds is 8.